The Bertz CT molecular complexity index is 1160. The van der Waals surface area contributed by atoms with Gasteiger partial charge in [-0.15, -0.1) is 0 Å². The summed E-state index contributed by atoms with van der Waals surface area (Å²) in [5.74, 6) is 0.0811. The van der Waals surface area contributed by atoms with Crippen LogP contribution in [0.3, 0.4) is 0 Å². The smallest absolute Gasteiger partial charge is 0.244 e. The van der Waals surface area contributed by atoms with E-state index >= 15 is 0 Å². The van der Waals surface area contributed by atoms with Gasteiger partial charge in [0.2, 0.25) is 21.8 Å². The summed E-state index contributed by atoms with van der Waals surface area (Å²) >= 11 is 3.41. The fourth-order valence-electron chi connectivity index (χ4n) is 3.54. The van der Waals surface area contributed by atoms with Crippen molar-refractivity contribution in [2.75, 3.05) is 36.9 Å². The number of likely N-dealkylation sites (N-methyl/N-ethyl adjacent to an activating group) is 1. The fourth-order valence-corrected chi connectivity index (χ4v) is 4.83. The second kappa shape index (κ2) is 11.1. The molecule has 184 valence electrons. The largest absolute Gasteiger partial charge is 0.486 e. The number of halogens is 1. The van der Waals surface area contributed by atoms with Crippen LogP contribution in [0.25, 0.3) is 0 Å². The summed E-state index contributed by atoms with van der Waals surface area (Å²) in [6.07, 6.45) is 1.03. The van der Waals surface area contributed by atoms with E-state index in [2.05, 4.69) is 21.2 Å². The SMILES string of the molecule is CCNC(=O)[C@@H](C)N(Cc1cccc(Br)c1)C(=O)CN(c1ccc2c(c1)OCCO2)S(C)(=O)=O. The lowest BCUT2D eigenvalue weighted by Gasteiger charge is -2.31. The van der Waals surface area contributed by atoms with E-state index in [1.165, 1.54) is 11.0 Å². The van der Waals surface area contributed by atoms with Crippen molar-refractivity contribution < 1.29 is 27.5 Å². The van der Waals surface area contributed by atoms with Gasteiger partial charge in [0, 0.05) is 23.6 Å². The Hall–Kier alpha value is -2.79. The van der Waals surface area contributed by atoms with Crippen molar-refractivity contribution >= 4 is 43.5 Å². The Morgan fingerprint density at radius 2 is 1.82 bits per heavy atom. The van der Waals surface area contributed by atoms with E-state index in [1.807, 2.05) is 24.3 Å². The Labute approximate surface area is 208 Å². The maximum absolute atomic E-state index is 13.5. The summed E-state index contributed by atoms with van der Waals surface area (Å²) in [7, 11) is -3.83. The number of nitrogens with zero attached hydrogens (tertiary/aromatic N) is 2. The molecule has 1 heterocycles. The third kappa shape index (κ3) is 6.41. The predicted molar refractivity (Wildman–Crippen MR) is 132 cm³/mol. The number of amides is 2. The first-order chi connectivity index (χ1) is 16.1. The first kappa shape index (κ1) is 25.8. The van der Waals surface area contributed by atoms with E-state index in [1.54, 1.807) is 26.0 Å². The van der Waals surface area contributed by atoms with Crippen molar-refractivity contribution in [2.45, 2.75) is 26.4 Å². The second-order valence-corrected chi connectivity index (χ2v) is 10.6. The standard InChI is InChI=1S/C23H28BrN3O6S/c1-4-25-23(29)16(2)26(14-17-6-5-7-18(24)12-17)22(28)15-27(34(3,30)31)19-8-9-20-21(13-19)33-11-10-32-20/h5-9,12-13,16H,4,10-11,14-15H2,1-3H3,(H,25,29)/t16-/m1/s1. The third-order valence-electron chi connectivity index (χ3n) is 5.25. The van der Waals surface area contributed by atoms with Crippen molar-refractivity contribution in [1.82, 2.24) is 10.2 Å². The highest BCUT2D eigenvalue weighted by Crippen LogP contribution is 2.34. The Morgan fingerprint density at radius 1 is 1.12 bits per heavy atom. The molecule has 1 aliphatic rings. The zero-order valence-electron chi connectivity index (χ0n) is 19.3. The summed E-state index contributed by atoms with van der Waals surface area (Å²) in [4.78, 5) is 27.4. The van der Waals surface area contributed by atoms with Crippen LogP contribution < -0.4 is 19.1 Å². The Kier molecular flexibility index (Phi) is 8.42. The molecule has 0 fully saturated rings. The summed E-state index contributed by atoms with van der Waals surface area (Å²) in [5.41, 5.74) is 1.07. The first-order valence-electron chi connectivity index (χ1n) is 10.8. The van der Waals surface area contributed by atoms with Gasteiger partial charge in [0.15, 0.2) is 11.5 Å². The predicted octanol–water partition coefficient (Wildman–Crippen LogP) is 2.54. The second-order valence-electron chi connectivity index (χ2n) is 7.82. The van der Waals surface area contributed by atoms with Gasteiger partial charge in [0.05, 0.1) is 11.9 Å². The average Bonchev–Trinajstić information content (AvgIpc) is 2.79. The number of carbonyl (C=O) groups is 2. The molecule has 0 saturated carbocycles. The van der Waals surface area contributed by atoms with Gasteiger partial charge >= 0.3 is 0 Å². The molecule has 0 aliphatic carbocycles. The number of rotatable bonds is 9. The zero-order chi connectivity index (χ0) is 24.9. The molecule has 3 rings (SSSR count). The quantitative estimate of drug-likeness (QED) is 0.511. The van der Waals surface area contributed by atoms with Crippen LogP contribution in [-0.4, -0.2) is 63.7 Å². The minimum absolute atomic E-state index is 0.134. The molecular formula is C23H28BrN3O6S. The monoisotopic (exact) mass is 553 g/mol. The number of ether oxygens (including phenoxy) is 2. The fraction of sp³-hybridized carbons (Fsp3) is 0.391. The normalized spacial score (nSPS) is 13.6. The molecule has 1 N–H and O–H groups in total. The van der Waals surface area contributed by atoms with E-state index in [0.29, 0.717) is 31.3 Å². The van der Waals surface area contributed by atoms with E-state index in [4.69, 9.17) is 9.47 Å². The molecule has 1 aliphatic heterocycles. The molecule has 1 atom stereocenters. The maximum atomic E-state index is 13.5. The van der Waals surface area contributed by atoms with Crippen LogP contribution in [0.15, 0.2) is 46.9 Å². The zero-order valence-corrected chi connectivity index (χ0v) is 21.7. The summed E-state index contributed by atoms with van der Waals surface area (Å²) in [6.45, 7) is 4.23. The number of hydrogen-bond donors (Lipinski definition) is 1. The molecule has 11 heteroatoms. The van der Waals surface area contributed by atoms with Crippen molar-refractivity contribution in [3.63, 3.8) is 0 Å². The van der Waals surface area contributed by atoms with Crippen LogP contribution in [0, 0.1) is 0 Å². The molecule has 2 aromatic carbocycles. The van der Waals surface area contributed by atoms with Gasteiger partial charge in [-0.25, -0.2) is 8.42 Å². The minimum atomic E-state index is -3.83. The lowest BCUT2D eigenvalue weighted by atomic mass is 10.1. The van der Waals surface area contributed by atoms with E-state index in [-0.39, 0.29) is 18.1 Å². The van der Waals surface area contributed by atoms with Gasteiger partial charge in [-0.3, -0.25) is 13.9 Å². The first-order valence-corrected chi connectivity index (χ1v) is 13.4. The minimum Gasteiger partial charge on any atom is -0.486 e. The highest BCUT2D eigenvalue weighted by atomic mass is 79.9. The Balaban J connectivity index is 1.92. The number of carbonyl (C=O) groups excluding carboxylic acids is 2. The van der Waals surface area contributed by atoms with Gasteiger partial charge in [-0.05, 0) is 43.7 Å². The Morgan fingerprint density at radius 3 is 2.47 bits per heavy atom. The molecule has 2 amide bonds. The summed E-state index contributed by atoms with van der Waals surface area (Å²) in [5, 5.41) is 2.72. The molecule has 9 nitrogen and oxygen atoms in total. The average molecular weight is 554 g/mol. The molecule has 0 bridgehead atoms. The van der Waals surface area contributed by atoms with Gasteiger partial charge in [0.1, 0.15) is 25.8 Å². The van der Waals surface area contributed by atoms with Gasteiger partial charge in [-0.2, -0.15) is 0 Å². The molecule has 0 aromatic heterocycles. The summed E-state index contributed by atoms with van der Waals surface area (Å²) < 4.78 is 38.2. The number of anilines is 1. The highest BCUT2D eigenvalue weighted by Gasteiger charge is 2.30. The van der Waals surface area contributed by atoms with Crippen molar-refractivity contribution in [3.05, 3.63) is 52.5 Å². The summed E-state index contributed by atoms with van der Waals surface area (Å²) in [6, 6.07) is 11.3. The van der Waals surface area contributed by atoms with Crippen LogP contribution in [0.2, 0.25) is 0 Å². The van der Waals surface area contributed by atoms with Crippen molar-refractivity contribution in [1.29, 1.82) is 0 Å². The van der Waals surface area contributed by atoms with Gasteiger partial charge in [-0.1, -0.05) is 28.1 Å². The van der Waals surface area contributed by atoms with Gasteiger partial charge in [0.25, 0.3) is 0 Å². The number of sulfonamides is 1. The molecule has 2 aromatic rings. The number of nitrogens with one attached hydrogen (secondary N) is 1. The molecule has 0 unspecified atom stereocenters. The van der Waals surface area contributed by atoms with Crippen LogP contribution in [-0.2, 0) is 26.2 Å². The van der Waals surface area contributed by atoms with Crippen LogP contribution in [0.4, 0.5) is 5.69 Å². The molecule has 0 saturated heterocycles. The van der Waals surface area contributed by atoms with E-state index in [0.717, 1.165) is 20.6 Å². The lowest BCUT2D eigenvalue weighted by Crippen LogP contribution is -2.51. The molecule has 0 spiro atoms. The van der Waals surface area contributed by atoms with Gasteiger partial charge < -0.3 is 19.7 Å². The number of hydrogen-bond acceptors (Lipinski definition) is 6. The maximum Gasteiger partial charge on any atom is 0.244 e. The number of fused-ring (bicyclic) bond motifs is 1. The third-order valence-corrected chi connectivity index (χ3v) is 6.89. The topological polar surface area (TPSA) is 105 Å². The lowest BCUT2D eigenvalue weighted by molar-refractivity contribution is -0.139. The molecule has 34 heavy (non-hydrogen) atoms. The van der Waals surface area contributed by atoms with Crippen LogP contribution in [0.5, 0.6) is 11.5 Å². The van der Waals surface area contributed by atoms with Crippen LogP contribution in [0.1, 0.15) is 19.4 Å². The van der Waals surface area contributed by atoms with E-state index < -0.39 is 28.5 Å². The number of benzene rings is 2. The highest BCUT2D eigenvalue weighted by molar-refractivity contribution is 9.10. The van der Waals surface area contributed by atoms with E-state index in [9.17, 15) is 18.0 Å². The van der Waals surface area contributed by atoms with Crippen molar-refractivity contribution in [3.8, 4) is 11.5 Å². The molecular weight excluding hydrogens is 526 g/mol. The van der Waals surface area contributed by atoms with Crippen molar-refractivity contribution in [2.24, 2.45) is 0 Å². The molecule has 0 radical (unpaired) electrons. The van der Waals surface area contributed by atoms with Crippen LogP contribution >= 0.6 is 15.9 Å².